The van der Waals surface area contributed by atoms with Gasteiger partial charge in [-0.3, -0.25) is 4.90 Å². The molecular formula is C17H23N3. The summed E-state index contributed by atoms with van der Waals surface area (Å²) in [5, 5.41) is 5.09. The largest absolute Gasteiger partial charge is 0.358 e. The Bertz CT molecular complexity index is 602. The smallest absolute Gasteiger partial charge is 0.0459 e. The van der Waals surface area contributed by atoms with Gasteiger partial charge in [0.2, 0.25) is 0 Å². The number of aryl methyl sites for hydroxylation is 1. The fourth-order valence-electron chi connectivity index (χ4n) is 4.03. The molecule has 1 aromatic carbocycles. The minimum atomic E-state index is 0.731. The van der Waals surface area contributed by atoms with Gasteiger partial charge in [-0.1, -0.05) is 18.2 Å². The van der Waals surface area contributed by atoms with Crippen LogP contribution in [-0.2, 0) is 6.54 Å². The molecule has 3 heteroatoms. The van der Waals surface area contributed by atoms with Crippen molar-refractivity contribution < 1.29 is 0 Å². The molecule has 4 rings (SSSR count). The van der Waals surface area contributed by atoms with Crippen molar-refractivity contribution in [1.29, 1.82) is 0 Å². The van der Waals surface area contributed by atoms with Crippen LogP contribution in [0.1, 0.15) is 24.1 Å². The van der Waals surface area contributed by atoms with Crippen molar-refractivity contribution in [1.82, 2.24) is 15.2 Å². The summed E-state index contributed by atoms with van der Waals surface area (Å²) < 4.78 is 0. The van der Waals surface area contributed by atoms with Crippen molar-refractivity contribution in [2.24, 2.45) is 5.92 Å². The van der Waals surface area contributed by atoms with E-state index in [4.69, 9.17) is 0 Å². The molecule has 2 aliphatic rings. The van der Waals surface area contributed by atoms with Crippen LogP contribution in [0.5, 0.6) is 0 Å². The zero-order valence-corrected chi connectivity index (χ0v) is 12.2. The predicted molar refractivity (Wildman–Crippen MR) is 82.8 cm³/mol. The number of H-pyrrole nitrogens is 1. The topological polar surface area (TPSA) is 31.1 Å². The van der Waals surface area contributed by atoms with Crippen LogP contribution in [0.2, 0.25) is 0 Å². The molecular weight excluding hydrogens is 246 g/mol. The summed E-state index contributed by atoms with van der Waals surface area (Å²) in [6, 6.07) is 9.40. The lowest BCUT2D eigenvalue weighted by Gasteiger charge is -2.24. The molecule has 2 aromatic rings. The molecule has 0 saturated carbocycles. The molecule has 0 bridgehead atoms. The predicted octanol–water partition coefficient (Wildman–Crippen LogP) is 2.66. The molecule has 2 unspecified atom stereocenters. The van der Waals surface area contributed by atoms with Gasteiger partial charge in [0.05, 0.1) is 0 Å². The van der Waals surface area contributed by atoms with E-state index in [2.05, 4.69) is 46.4 Å². The summed E-state index contributed by atoms with van der Waals surface area (Å²) in [6.45, 7) is 6.97. The highest BCUT2D eigenvalue weighted by Crippen LogP contribution is 2.29. The minimum Gasteiger partial charge on any atom is -0.358 e. The molecule has 0 aliphatic carbocycles. The van der Waals surface area contributed by atoms with E-state index in [-0.39, 0.29) is 0 Å². The molecule has 0 amide bonds. The molecule has 0 spiro atoms. The number of rotatable bonds is 2. The number of hydrogen-bond donors (Lipinski definition) is 2. The van der Waals surface area contributed by atoms with Crippen molar-refractivity contribution in [3.05, 3.63) is 35.5 Å². The first-order chi connectivity index (χ1) is 9.81. The lowest BCUT2D eigenvalue weighted by Crippen LogP contribution is -2.40. The summed E-state index contributed by atoms with van der Waals surface area (Å²) in [6.07, 6.45) is 2.75. The Morgan fingerprint density at radius 2 is 2.15 bits per heavy atom. The summed E-state index contributed by atoms with van der Waals surface area (Å²) in [7, 11) is 0. The van der Waals surface area contributed by atoms with E-state index in [0.29, 0.717) is 0 Å². The molecule has 3 heterocycles. The monoisotopic (exact) mass is 269 g/mol. The molecule has 2 atom stereocenters. The van der Waals surface area contributed by atoms with E-state index in [9.17, 15) is 0 Å². The first-order valence-corrected chi connectivity index (χ1v) is 7.83. The summed E-state index contributed by atoms with van der Waals surface area (Å²) in [5.74, 6) is 0.870. The second-order valence-corrected chi connectivity index (χ2v) is 6.43. The zero-order chi connectivity index (χ0) is 13.5. The number of likely N-dealkylation sites (tertiary alicyclic amines) is 1. The van der Waals surface area contributed by atoms with Gasteiger partial charge < -0.3 is 10.3 Å². The molecule has 2 aliphatic heterocycles. The normalized spacial score (nSPS) is 27.1. The van der Waals surface area contributed by atoms with Crippen LogP contribution >= 0.6 is 0 Å². The quantitative estimate of drug-likeness (QED) is 0.878. The van der Waals surface area contributed by atoms with Crippen LogP contribution in [0.15, 0.2) is 24.3 Å². The van der Waals surface area contributed by atoms with Crippen LogP contribution in [0.25, 0.3) is 10.9 Å². The van der Waals surface area contributed by atoms with Crippen molar-refractivity contribution in [3.8, 4) is 0 Å². The third-order valence-electron chi connectivity index (χ3n) is 5.08. The van der Waals surface area contributed by atoms with Gasteiger partial charge in [0, 0.05) is 42.3 Å². The Labute approximate surface area is 120 Å². The molecule has 2 N–H and O–H groups in total. The van der Waals surface area contributed by atoms with E-state index < -0.39 is 0 Å². The van der Waals surface area contributed by atoms with Crippen LogP contribution in [0.4, 0.5) is 0 Å². The van der Waals surface area contributed by atoms with Gasteiger partial charge >= 0.3 is 0 Å². The average molecular weight is 269 g/mol. The van der Waals surface area contributed by atoms with E-state index in [1.165, 1.54) is 54.6 Å². The van der Waals surface area contributed by atoms with Gasteiger partial charge in [-0.25, -0.2) is 0 Å². The summed E-state index contributed by atoms with van der Waals surface area (Å²) in [4.78, 5) is 6.16. The van der Waals surface area contributed by atoms with E-state index in [0.717, 1.165) is 18.5 Å². The SMILES string of the molecule is Cc1[nH]c2ccccc2c1CN1CC2CCCNC2C1. The maximum Gasteiger partial charge on any atom is 0.0459 e. The van der Waals surface area contributed by atoms with Crippen molar-refractivity contribution in [3.63, 3.8) is 0 Å². The van der Waals surface area contributed by atoms with E-state index in [1.54, 1.807) is 0 Å². The third kappa shape index (κ3) is 2.05. The first-order valence-electron chi connectivity index (χ1n) is 7.83. The van der Waals surface area contributed by atoms with Crippen LogP contribution < -0.4 is 5.32 Å². The summed E-state index contributed by atoms with van der Waals surface area (Å²) in [5.41, 5.74) is 4.09. The zero-order valence-electron chi connectivity index (χ0n) is 12.2. The number of hydrogen-bond acceptors (Lipinski definition) is 2. The van der Waals surface area contributed by atoms with Crippen LogP contribution in [0.3, 0.4) is 0 Å². The minimum absolute atomic E-state index is 0.731. The highest BCUT2D eigenvalue weighted by atomic mass is 15.2. The molecule has 0 radical (unpaired) electrons. The highest BCUT2D eigenvalue weighted by molar-refractivity contribution is 5.84. The number of fused-ring (bicyclic) bond motifs is 2. The summed E-state index contributed by atoms with van der Waals surface area (Å²) >= 11 is 0. The molecule has 106 valence electrons. The number of nitrogens with one attached hydrogen (secondary N) is 2. The lowest BCUT2D eigenvalue weighted by atomic mass is 9.94. The molecule has 1 aromatic heterocycles. The van der Waals surface area contributed by atoms with Gasteiger partial charge in [-0.15, -0.1) is 0 Å². The van der Waals surface area contributed by atoms with Crippen LogP contribution in [-0.4, -0.2) is 35.6 Å². The van der Waals surface area contributed by atoms with Gasteiger partial charge in [-0.05, 0) is 43.9 Å². The average Bonchev–Trinajstić information content (AvgIpc) is 3.00. The number of benzene rings is 1. The third-order valence-corrected chi connectivity index (χ3v) is 5.08. The standard InChI is InChI=1S/C17H23N3/c1-12-15(14-6-2-3-7-16(14)19-12)10-20-9-13-5-4-8-18-17(13)11-20/h2-3,6-7,13,17-19H,4-5,8-11H2,1H3. The Balaban J connectivity index is 1.57. The molecule has 2 saturated heterocycles. The fourth-order valence-corrected chi connectivity index (χ4v) is 4.03. The van der Waals surface area contributed by atoms with E-state index in [1.807, 2.05) is 0 Å². The van der Waals surface area contributed by atoms with E-state index >= 15 is 0 Å². The van der Waals surface area contributed by atoms with Crippen molar-refractivity contribution in [2.45, 2.75) is 32.4 Å². The second-order valence-electron chi connectivity index (χ2n) is 6.43. The molecule has 20 heavy (non-hydrogen) atoms. The van der Waals surface area contributed by atoms with Gasteiger partial charge in [-0.2, -0.15) is 0 Å². The number of aromatic amines is 1. The second kappa shape index (κ2) is 4.90. The Kier molecular flexibility index (Phi) is 3.04. The highest BCUT2D eigenvalue weighted by Gasteiger charge is 2.34. The molecule has 3 nitrogen and oxygen atoms in total. The number of para-hydroxylation sites is 1. The van der Waals surface area contributed by atoms with Gasteiger partial charge in [0.15, 0.2) is 0 Å². The maximum absolute atomic E-state index is 3.69. The van der Waals surface area contributed by atoms with Gasteiger partial charge in [0.25, 0.3) is 0 Å². The van der Waals surface area contributed by atoms with Crippen molar-refractivity contribution >= 4 is 10.9 Å². The Morgan fingerprint density at radius 1 is 1.25 bits per heavy atom. The Hall–Kier alpha value is -1.32. The number of piperidine rings is 1. The van der Waals surface area contributed by atoms with Crippen molar-refractivity contribution in [2.75, 3.05) is 19.6 Å². The first kappa shape index (κ1) is 12.4. The fraction of sp³-hybridized carbons (Fsp3) is 0.529. The van der Waals surface area contributed by atoms with Gasteiger partial charge in [0.1, 0.15) is 0 Å². The lowest BCUT2D eigenvalue weighted by molar-refractivity contribution is 0.313. The maximum atomic E-state index is 3.69. The number of nitrogens with zero attached hydrogens (tertiary/aromatic N) is 1. The van der Waals surface area contributed by atoms with Crippen LogP contribution in [0, 0.1) is 12.8 Å². The Morgan fingerprint density at radius 3 is 3.05 bits per heavy atom. The molecule has 2 fully saturated rings. The number of aromatic nitrogens is 1.